The van der Waals surface area contributed by atoms with Crippen LogP contribution in [0, 0.1) is 24.0 Å². The fourth-order valence-corrected chi connectivity index (χ4v) is 3.03. The largest absolute Gasteiger partial charge is 0.489 e. The first-order valence-corrected chi connectivity index (χ1v) is 9.66. The molecule has 1 aromatic heterocycles. The summed E-state index contributed by atoms with van der Waals surface area (Å²) in [6.45, 7) is 5.22. The summed E-state index contributed by atoms with van der Waals surface area (Å²) in [4.78, 5) is 22.9. The molecule has 2 aromatic carbocycles. The molecule has 3 rings (SSSR count). The topological polar surface area (TPSA) is 99.3 Å². The molecule has 0 aliphatic carbocycles. The normalized spacial score (nSPS) is 10.6. The van der Waals surface area contributed by atoms with Gasteiger partial charge in [-0.3, -0.25) is 19.6 Å². The summed E-state index contributed by atoms with van der Waals surface area (Å²) >= 11 is 0. The highest BCUT2D eigenvalue weighted by atomic mass is 16.6. The molecule has 0 spiro atoms. The molecule has 3 aromatic rings. The van der Waals surface area contributed by atoms with Gasteiger partial charge in [-0.2, -0.15) is 5.10 Å². The van der Waals surface area contributed by atoms with Crippen molar-refractivity contribution in [3.05, 3.63) is 87.2 Å². The number of nitrogens with zero attached hydrogens (tertiary/aromatic N) is 3. The molecule has 1 heterocycles. The monoisotopic (exact) mass is 408 g/mol. The van der Waals surface area contributed by atoms with Crippen molar-refractivity contribution in [2.24, 2.45) is 0 Å². The lowest BCUT2D eigenvalue weighted by atomic mass is 10.1. The van der Waals surface area contributed by atoms with Gasteiger partial charge in [-0.05, 0) is 55.7 Å². The van der Waals surface area contributed by atoms with Crippen molar-refractivity contribution in [3.8, 4) is 5.75 Å². The van der Waals surface area contributed by atoms with Crippen LogP contribution in [0.15, 0.2) is 54.9 Å². The van der Waals surface area contributed by atoms with Gasteiger partial charge in [0.15, 0.2) is 0 Å². The molecule has 0 atom stereocenters. The third-order valence-corrected chi connectivity index (χ3v) is 4.57. The van der Waals surface area contributed by atoms with Crippen LogP contribution in [-0.2, 0) is 13.2 Å². The van der Waals surface area contributed by atoms with E-state index in [0.717, 1.165) is 24.1 Å². The van der Waals surface area contributed by atoms with Crippen molar-refractivity contribution in [1.29, 1.82) is 0 Å². The van der Waals surface area contributed by atoms with Crippen molar-refractivity contribution in [1.82, 2.24) is 15.1 Å². The van der Waals surface area contributed by atoms with E-state index in [4.69, 9.17) is 4.74 Å². The van der Waals surface area contributed by atoms with Gasteiger partial charge in [0.2, 0.25) is 0 Å². The van der Waals surface area contributed by atoms with Gasteiger partial charge in [0.05, 0.1) is 11.1 Å². The summed E-state index contributed by atoms with van der Waals surface area (Å²) < 4.78 is 7.59. The van der Waals surface area contributed by atoms with E-state index in [2.05, 4.69) is 10.4 Å². The molecule has 156 valence electrons. The zero-order valence-electron chi connectivity index (χ0n) is 17.0. The minimum Gasteiger partial charge on any atom is -0.489 e. The van der Waals surface area contributed by atoms with Gasteiger partial charge >= 0.3 is 0 Å². The van der Waals surface area contributed by atoms with Gasteiger partial charge in [-0.15, -0.1) is 0 Å². The highest BCUT2D eigenvalue weighted by Crippen LogP contribution is 2.23. The second kappa shape index (κ2) is 9.69. The van der Waals surface area contributed by atoms with Crippen LogP contribution in [0.25, 0.3) is 0 Å². The fraction of sp³-hybridized carbons (Fsp3) is 0.273. The lowest BCUT2D eigenvalue weighted by Crippen LogP contribution is -2.25. The van der Waals surface area contributed by atoms with E-state index in [1.165, 1.54) is 6.07 Å². The summed E-state index contributed by atoms with van der Waals surface area (Å²) in [6.07, 6.45) is 4.57. The zero-order valence-corrected chi connectivity index (χ0v) is 17.0. The SMILES string of the molecule is Cc1cnn(CCCNC(=O)c2cccc(COc3ccc([N+](=O)[O-])c(C)c3)c2)c1. The highest BCUT2D eigenvalue weighted by Gasteiger charge is 2.11. The standard InChI is InChI=1S/C22H24N4O4/c1-16-13-24-25(14-16)10-4-9-23-22(27)19-6-3-5-18(12-19)15-30-20-7-8-21(26(28)29)17(2)11-20/h3,5-8,11-14H,4,9-10,15H2,1-2H3,(H,23,27). The van der Waals surface area contributed by atoms with Gasteiger partial charge in [-0.1, -0.05) is 12.1 Å². The van der Waals surface area contributed by atoms with Gasteiger partial charge in [0.1, 0.15) is 12.4 Å². The first-order valence-electron chi connectivity index (χ1n) is 9.66. The number of hydrogen-bond donors (Lipinski definition) is 1. The van der Waals surface area contributed by atoms with Gasteiger partial charge in [-0.25, -0.2) is 0 Å². The second-order valence-corrected chi connectivity index (χ2v) is 7.08. The van der Waals surface area contributed by atoms with Crippen LogP contribution in [0.1, 0.15) is 33.5 Å². The van der Waals surface area contributed by atoms with E-state index in [-0.39, 0.29) is 18.2 Å². The molecule has 0 radical (unpaired) electrons. The number of carbonyl (C=O) groups is 1. The van der Waals surface area contributed by atoms with E-state index < -0.39 is 4.92 Å². The van der Waals surface area contributed by atoms with Gasteiger partial charge in [0, 0.05) is 36.5 Å². The van der Waals surface area contributed by atoms with Crippen LogP contribution in [0.4, 0.5) is 5.69 Å². The molecule has 0 unspecified atom stereocenters. The molecule has 0 saturated heterocycles. The maximum absolute atomic E-state index is 12.4. The molecular weight excluding hydrogens is 384 g/mol. The third-order valence-electron chi connectivity index (χ3n) is 4.57. The van der Waals surface area contributed by atoms with E-state index in [0.29, 0.717) is 23.4 Å². The summed E-state index contributed by atoms with van der Waals surface area (Å²) in [7, 11) is 0. The number of carbonyl (C=O) groups excluding carboxylic acids is 1. The van der Waals surface area contributed by atoms with Crippen molar-refractivity contribution in [3.63, 3.8) is 0 Å². The molecule has 8 nitrogen and oxygen atoms in total. The number of hydrogen-bond acceptors (Lipinski definition) is 5. The second-order valence-electron chi connectivity index (χ2n) is 7.08. The number of amides is 1. The number of nitro benzene ring substituents is 1. The molecule has 0 aliphatic rings. The Balaban J connectivity index is 1.50. The number of aromatic nitrogens is 2. The average Bonchev–Trinajstić information content (AvgIpc) is 3.14. The lowest BCUT2D eigenvalue weighted by Gasteiger charge is -2.09. The minimum absolute atomic E-state index is 0.0590. The predicted octanol–water partition coefficient (Wildman–Crippen LogP) is 3.81. The maximum atomic E-state index is 12.4. The number of nitrogens with one attached hydrogen (secondary N) is 1. The summed E-state index contributed by atoms with van der Waals surface area (Å²) in [5.41, 5.74) is 3.11. The van der Waals surface area contributed by atoms with Crippen molar-refractivity contribution in [2.75, 3.05) is 6.54 Å². The highest BCUT2D eigenvalue weighted by molar-refractivity contribution is 5.94. The van der Waals surface area contributed by atoms with Crippen LogP contribution in [0.5, 0.6) is 5.75 Å². The Kier molecular flexibility index (Phi) is 6.79. The molecule has 30 heavy (non-hydrogen) atoms. The Hall–Kier alpha value is -3.68. The minimum atomic E-state index is -0.419. The van der Waals surface area contributed by atoms with Crippen LogP contribution in [0.3, 0.4) is 0 Å². The number of nitro groups is 1. The molecule has 0 aliphatic heterocycles. The Morgan fingerprint density at radius 3 is 2.77 bits per heavy atom. The molecule has 0 fully saturated rings. The summed E-state index contributed by atoms with van der Waals surface area (Å²) in [6, 6.07) is 11.9. The Labute approximate surface area is 174 Å². The molecule has 0 bridgehead atoms. The van der Waals surface area contributed by atoms with Crippen LogP contribution in [-0.4, -0.2) is 27.2 Å². The smallest absolute Gasteiger partial charge is 0.272 e. The molecule has 1 N–H and O–H groups in total. The number of benzene rings is 2. The molecule has 1 amide bonds. The van der Waals surface area contributed by atoms with Crippen LogP contribution in [0.2, 0.25) is 0 Å². The zero-order chi connectivity index (χ0) is 21.5. The fourth-order valence-electron chi connectivity index (χ4n) is 3.03. The predicted molar refractivity (Wildman–Crippen MR) is 113 cm³/mol. The van der Waals surface area contributed by atoms with Crippen molar-refractivity contribution in [2.45, 2.75) is 33.4 Å². The quantitative estimate of drug-likeness (QED) is 0.330. The first-order chi connectivity index (χ1) is 14.4. The van der Waals surface area contributed by atoms with E-state index in [1.54, 1.807) is 37.3 Å². The number of aryl methyl sites for hydroxylation is 3. The average molecular weight is 408 g/mol. The van der Waals surface area contributed by atoms with E-state index in [1.807, 2.05) is 30.1 Å². The maximum Gasteiger partial charge on any atom is 0.272 e. The third kappa shape index (κ3) is 5.66. The summed E-state index contributed by atoms with van der Waals surface area (Å²) in [5, 5.41) is 18.0. The van der Waals surface area contributed by atoms with Gasteiger partial charge < -0.3 is 10.1 Å². The molecule has 8 heteroatoms. The number of rotatable bonds is 9. The van der Waals surface area contributed by atoms with Crippen molar-refractivity contribution >= 4 is 11.6 Å². The lowest BCUT2D eigenvalue weighted by molar-refractivity contribution is -0.385. The number of ether oxygens (including phenoxy) is 1. The van der Waals surface area contributed by atoms with Crippen LogP contribution < -0.4 is 10.1 Å². The summed E-state index contributed by atoms with van der Waals surface area (Å²) in [5.74, 6) is 0.404. The van der Waals surface area contributed by atoms with Crippen molar-refractivity contribution < 1.29 is 14.5 Å². The van der Waals surface area contributed by atoms with Gasteiger partial charge in [0.25, 0.3) is 11.6 Å². The van der Waals surface area contributed by atoms with E-state index >= 15 is 0 Å². The molecular formula is C22H24N4O4. The van der Waals surface area contributed by atoms with Crippen LogP contribution >= 0.6 is 0 Å². The first kappa shape index (κ1) is 21.0. The Morgan fingerprint density at radius 1 is 1.23 bits per heavy atom. The molecule has 0 saturated carbocycles. The van der Waals surface area contributed by atoms with E-state index in [9.17, 15) is 14.9 Å². The Bertz CT molecular complexity index is 1050. The Morgan fingerprint density at radius 2 is 2.07 bits per heavy atom.